The van der Waals surface area contributed by atoms with Crippen molar-refractivity contribution in [2.75, 3.05) is 26.7 Å². The second-order valence-electron chi connectivity index (χ2n) is 7.93. The predicted octanol–water partition coefficient (Wildman–Crippen LogP) is 3.10. The van der Waals surface area contributed by atoms with Gasteiger partial charge in [0.25, 0.3) is 5.88 Å². The number of aromatic nitrogens is 1. The Bertz CT molecular complexity index is 1050. The number of methoxy groups -OCH3 is 1. The molecule has 2 aromatic carbocycles. The van der Waals surface area contributed by atoms with Crippen molar-refractivity contribution in [2.45, 2.75) is 19.3 Å². The van der Waals surface area contributed by atoms with Crippen molar-refractivity contribution >= 4 is 11.8 Å². The molecule has 1 aliphatic heterocycles. The molecule has 1 saturated heterocycles. The SMILES string of the molecule is COc1cc(CCC(=O)N2CCNC(=O)[C@@H](Cc3ccc(-c4ccccc4)cc3)C2)on1. The maximum absolute atomic E-state index is 12.8. The highest BCUT2D eigenvalue weighted by Gasteiger charge is 2.27. The summed E-state index contributed by atoms with van der Waals surface area (Å²) in [7, 11) is 1.52. The first-order valence-corrected chi connectivity index (χ1v) is 10.8. The van der Waals surface area contributed by atoms with Gasteiger partial charge >= 0.3 is 0 Å². The molecule has 2 amide bonds. The van der Waals surface area contributed by atoms with Crippen LogP contribution >= 0.6 is 0 Å². The van der Waals surface area contributed by atoms with Crippen LogP contribution in [0.2, 0.25) is 0 Å². The van der Waals surface area contributed by atoms with Gasteiger partial charge in [0.05, 0.1) is 13.0 Å². The van der Waals surface area contributed by atoms with Crippen molar-refractivity contribution in [3.8, 4) is 17.0 Å². The van der Waals surface area contributed by atoms with Gasteiger partial charge in [-0.05, 0) is 28.3 Å². The highest BCUT2D eigenvalue weighted by Crippen LogP contribution is 2.21. The molecule has 2 heterocycles. The van der Waals surface area contributed by atoms with Crippen LogP contribution in [-0.4, -0.2) is 48.6 Å². The third-order valence-corrected chi connectivity index (χ3v) is 5.72. The number of benzene rings is 2. The lowest BCUT2D eigenvalue weighted by atomic mass is 9.96. The summed E-state index contributed by atoms with van der Waals surface area (Å²) < 4.78 is 10.2. The van der Waals surface area contributed by atoms with Crippen LogP contribution in [-0.2, 0) is 22.4 Å². The Balaban J connectivity index is 1.37. The fourth-order valence-corrected chi connectivity index (χ4v) is 3.93. The minimum atomic E-state index is -0.283. The molecule has 1 fully saturated rings. The average Bonchev–Trinajstić information content (AvgIpc) is 3.22. The van der Waals surface area contributed by atoms with Crippen LogP contribution in [0, 0.1) is 5.92 Å². The summed E-state index contributed by atoms with van der Waals surface area (Å²) in [6.07, 6.45) is 1.33. The van der Waals surface area contributed by atoms with Gasteiger partial charge in [0.1, 0.15) is 5.76 Å². The molecule has 0 aliphatic carbocycles. The number of nitrogens with zero attached hydrogens (tertiary/aromatic N) is 2. The van der Waals surface area contributed by atoms with Gasteiger partial charge in [-0.25, -0.2) is 0 Å². The van der Waals surface area contributed by atoms with Gasteiger partial charge in [0, 0.05) is 38.5 Å². The van der Waals surface area contributed by atoms with Gasteiger partial charge in [-0.15, -0.1) is 0 Å². The van der Waals surface area contributed by atoms with Crippen LogP contribution in [0.15, 0.2) is 65.2 Å². The first kappa shape index (κ1) is 21.6. The van der Waals surface area contributed by atoms with E-state index in [1.54, 1.807) is 11.0 Å². The normalized spacial score (nSPS) is 16.3. The first-order valence-electron chi connectivity index (χ1n) is 10.8. The van der Waals surface area contributed by atoms with Crippen molar-refractivity contribution in [3.63, 3.8) is 0 Å². The van der Waals surface area contributed by atoms with Crippen LogP contribution < -0.4 is 10.1 Å². The number of ether oxygens (including phenoxy) is 1. The minimum absolute atomic E-state index is 0.00120. The van der Waals surface area contributed by atoms with E-state index in [-0.39, 0.29) is 17.7 Å². The van der Waals surface area contributed by atoms with Crippen molar-refractivity contribution in [1.82, 2.24) is 15.4 Å². The molecule has 3 aromatic rings. The molecule has 0 radical (unpaired) electrons. The molecule has 0 unspecified atom stereocenters. The minimum Gasteiger partial charge on any atom is -0.479 e. The molecule has 1 aliphatic rings. The Morgan fingerprint density at radius 1 is 1.16 bits per heavy atom. The van der Waals surface area contributed by atoms with Gasteiger partial charge in [0.2, 0.25) is 11.8 Å². The van der Waals surface area contributed by atoms with Crippen molar-refractivity contribution in [2.24, 2.45) is 5.92 Å². The number of hydrogen-bond donors (Lipinski definition) is 1. The van der Waals surface area contributed by atoms with Crippen LogP contribution in [0.4, 0.5) is 0 Å². The zero-order chi connectivity index (χ0) is 22.3. The third kappa shape index (κ3) is 5.35. The molecule has 7 nitrogen and oxygen atoms in total. The predicted molar refractivity (Wildman–Crippen MR) is 120 cm³/mol. The summed E-state index contributed by atoms with van der Waals surface area (Å²) in [4.78, 5) is 27.2. The van der Waals surface area contributed by atoms with Gasteiger partial charge in [0.15, 0.2) is 0 Å². The number of aryl methyl sites for hydroxylation is 1. The fraction of sp³-hybridized carbons (Fsp3) is 0.320. The summed E-state index contributed by atoms with van der Waals surface area (Å²) in [5, 5.41) is 6.70. The van der Waals surface area contributed by atoms with E-state index in [2.05, 4.69) is 46.9 Å². The number of rotatable bonds is 7. The largest absolute Gasteiger partial charge is 0.479 e. The summed E-state index contributed by atoms with van der Waals surface area (Å²) >= 11 is 0. The van der Waals surface area contributed by atoms with E-state index in [0.717, 1.165) is 16.7 Å². The topological polar surface area (TPSA) is 84.7 Å². The fourth-order valence-electron chi connectivity index (χ4n) is 3.93. The van der Waals surface area contributed by atoms with Crippen LogP contribution in [0.1, 0.15) is 17.7 Å². The Labute approximate surface area is 187 Å². The zero-order valence-electron chi connectivity index (χ0n) is 18.1. The molecule has 0 spiro atoms. The van der Waals surface area contributed by atoms with E-state index in [4.69, 9.17) is 9.26 Å². The molecule has 0 bridgehead atoms. The molecule has 166 valence electrons. The van der Waals surface area contributed by atoms with Gasteiger partial charge in [-0.2, -0.15) is 0 Å². The van der Waals surface area contributed by atoms with E-state index in [0.29, 0.717) is 50.5 Å². The number of carbonyl (C=O) groups excluding carboxylic acids is 2. The van der Waals surface area contributed by atoms with Gasteiger partial charge in [-0.3, -0.25) is 9.59 Å². The summed E-state index contributed by atoms with van der Waals surface area (Å²) in [5.74, 6) is 0.716. The Hall–Kier alpha value is -3.61. The van der Waals surface area contributed by atoms with Crippen molar-refractivity contribution in [1.29, 1.82) is 0 Å². The highest BCUT2D eigenvalue weighted by molar-refractivity contribution is 5.82. The number of amides is 2. The second-order valence-corrected chi connectivity index (χ2v) is 7.93. The van der Waals surface area contributed by atoms with E-state index >= 15 is 0 Å². The maximum Gasteiger partial charge on any atom is 0.254 e. The standard InChI is InChI=1S/C25H27N3O4/c1-31-23-16-22(32-27-23)11-12-24(29)28-14-13-26-25(30)21(17-28)15-18-7-9-20(10-8-18)19-5-3-2-4-6-19/h2-10,16,21H,11-15,17H2,1H3,(H,26,30)/t21-/m0/s1. The lowest BCUT2D eigenvalue weighted by Crippen LogP contribution is -2.37. The molecule has 32 heavy (non-hydrogen) atoms. The molecule has 7 heteroatoms. The van der Waals surface area contributed by atoms with Crippen LogP contribution in [0.3, 0.4) is 0 Å². The van der Waals surface area contributed by atoms with E-state index in [9.17, 15) is 9.59 Å². The van der Waals surface area contributed by atoms with E-state index in [1.165, 1.54) is 7.11 Å². The highest BCUT2D eigenvalue weighted by atomic mass is 16.5. The van der Waals surface area contributed by atoms with Crippen LogP contribution in [0.25, 0.3) is 11.1 Å². The van der Waals surface area contributed by atoms with Gasteiger partial charge in [-0.1, -0.05) is 54.6 Å². The average molecular weight is 434 g/mol. The molecular weight excluding hydrogens is 406 g/mol. The van der Waals surface area contributed by atoms with Gasteiger partial charge < -0.3 is 19.5 Å². The summed E-state index contributed by atoms with van der Waals surface area (Å²) in [6.45, 7) is 1.38. The molecule has 0 saturated carbocycles. The molecule has 1 atom stereocenters. The third-order valence-electron chi connectivity index (χ3n) is 5.72. The Morgan fingerprint density at radius 3 is 2.62 bits per heavy atom. The van der Waals surface area contributed by atoms with E-state index < -0.39 is 0 Å². The quantitative estimate of drug-likeness (QED) is 0.619. The van der Waals surface area contributed by atoms with Crippen molar-refractivity contribution in [3.05, 3.63) is 72.0 Å². The number of nitrogens with one attached hydrogen (secondary N) is 1. The molecular formula is C25H27N3O4. The van der Waals surface area contributed by atoms with E-state index in [1.807, 2.05) is 18.2 Å². The Morgan fingerprint density at radius 2 is 1.91 bits per heavy atom. The smallest absolute Gasteiger partial charge is 0.254 e. The lowest BCUT2D eigenvalue weighted by molar-refractivity contribution is -0.132. The summed E-state index contributed by atoms with van der Waals surface area (Å²) in [6, 6.07) is 20.1. The Kier molecular flexibility index (Phi) is 6.84. The summed E-state index contributed by atoms with van der Waals surface area (Å²) in [5.41, 5.74) is 3.38. The molecule has 1 N–H and O–H groups in total. The monoisotopic (exact) mass is 433 g/mol. The zero-order valence-corrected chi connectivity index (χ0v) is 18.1. The van der Waals surface area contributed by atoms with Crippen LogP contribution in [0.5, 0.6) is 5.88 Å². The molecule has 4 rings (SSSR count). The number of hydrogen-bond acceptors (Lipinski definition) is 5. The lowest BCUT2D eigenvalue weighted by Gasteiger charge is -2.23. The maximum atomic E-state index is 12.8. The second kappa shape index (κ2) is 10.1. The first-order chi connectivity index (χ1) is 15.6. The molecule has 1 aromatic heterocycles. The van der Waals surface area contributed by atoms with Crippen molar-refractivity contribution < 1.29 is 18.8 Å². The number of carbonyl (C=O) groups is 2.